The van der Waals surface area contributed by atoms with E-state index in [0.717, 1.165) is 5.82 Å². The molecule has 2 aromatic rings. The highest BCUT2D eigenvalue weighted by molar-refractivity contribution is 7.89. The Kier molecular flexibility index (Phi) is 4.38. The lowest BCUT2D eigenvalue weighted by Crippen LogP contribution is -2.47. The molecule has 0 radical (unpaired) electrons. The van der Waals surface area contributed by atoms with Crippen LogP contribution in [0.15, 0.2) is 41.6 Å². The Morgan fingerprint density at radius 2 is 1.74 bits per heavy atom. The lowest BCUT2D eigenvalue weighted by atomic mass is 10.3. The fourth-order valence-electron chi connectivity index (χ4n) is 2.54. The molecule has 0 atom stereocenters. The second-order valence-electron chi connectivity index (χ2n) is 5.18. The van der Waals surface area contributed by atoms with Crippen molar-refractivity contribution in [1.82, 2.24) is 9.97 Å². The molecule has 0 unspecified atom stereocenters. The average molecular weight is 354 g/mol. The van der Waals surface area contributed by atoms with Crippen molar-refractivity contribution in [1.29, 1.82) is 0 Å². The number of nitrogens with zero attached hydrogens (tertiary/aromatic N) is 4. The zero-order valence-electron chi connectivity index (χ0n) is 12.3. The smallest absolute Gasteiger partial charge is 0.241 e. The van der Waals surface area contributed by atoms with Crippen LogP contribution in [0.2, 0.25) is 5.02 Å². The van der Waals surface area contributed by atoms with Crippen LogP contribution in [0.3, 0.4) is 0 Å². The van der Waals surface area contributed by atoms with Crippen LogP contribution < -0.4 is 14.9 Å². The van der Waals surface area contributed by atoms with Gasteiger partial charge >= 0.3 is 0 Å². The Bertz CT molecular complexity index is 789. The van der Waals surface area contributed by atoms with Crippen molar-refractivity contribution < 1.29 is 8.42 Å². The molecule has 9 heteroatoms. The molecule has 1 saturated heterocycles. The van der Waals surface area contributed by atoms with Gasteiger partial charge in [0.2, 0.25) is 10.0 Å². The predicted molar refractivity (Wildman–Crippen MR) is 89.3 cm³/mol. The van der Waals surface area contributed by atoms with E-state index in [9.17, 15) is 8.42 Å². The summed E-state index contributed by atoms with van der Waals surface area (Å²) in [5, 5.41) is 5.87. The highest BCUT2D eigenvalue weighted by Crippen LogP contribution is 2.23. The standard InChI is InChI=1S/C14H16ClN5O2S/c15-11-3-4-13(18-10-11)19-6-8-20(9-7-19)14-12(23(16,21)22)2-1-5-17-14/h1-5,10H,6-9H2,(H2,16,21,22). The van der Waals surface area contributed by atoms with Gasteiger partial charge in [-0.2, -0.15) is 0 Å². The maximum atomic E-state index is 11.7. The molecule has 2 N–H and O–H groups in total. The van der Waals surface area contributed by atoms with E-state index in [-0.39, 0.29) is 4.90 Å². The maximum Gasteiger partial charge on any atom is 0.241 e. The third kappa shape index (κ3) is 3.54. The Hall–Kier alpha value is -1.90. The predicted octanol–water partition coefficient (Wildman–Crippen LogP) is 1.10. The molecular formula is C14H16ClN5O2S. The summed E-state index contributed by atoms with van der Waals surface area (Å²) in [6.07, 6.45) is 3.18. The third-order valence-electron chi connectivity index (χ3n) is 3.67. The molecule has 1 aliphatic rings. The molecule has 0 saturated carbocycles. The number of nitrogens with two attached hydrogens (primary N) is 1. The number of hydrogen-bond acceptors (Lipinski definition) is 6. The summed E-state index contributed by atoms with van der Waals surface area (Å²) in [6, 6.07) is 6.71. The lowest BCUT2D eigenvalue weighted by Gasteiger charge is -2.36. The van der Waals surface area contributed by atoms with Crippen molar-refractivity contribution in [2.75, 3.05) is 36.0 Å². The first-order valence-corrected chi connectivity index (χ1v) is 8.97. The van der Waals surface area contributed by atoms with Crippen LogP contribution in [0.5, 0.6) is 0 Å². The Morgan fingerprint density at radius 3 is 2.35 bits per heavy atom. The fraction of sp³-hybridized carbons (Fsp3) is 0.286. The van der Waals surface area contributed by atoms with Crippen LogP contribution in [-0.4, -0.2) is 44.6 Å². The minimum absolute atomic E-state index is 0.0538. The normalized spacial score (nSPS) is 15.7. The van der Waals surface area contributed by atoms with Gasteiger partial charge in [0.1, 0.15) is 16.5 Å². The molecular weight excluding hydrogens is 338 g/mol. The van der Waals surface area contributed by atoms with Crippen molar-refractivity contribution in [3.05, 3.63) is 41.7 Å². The highest BCUT2D eigenvalue weighted by Gasteiger charge is 2.24. The van der Waals surface area contributed by atoms with E-state index in [0.29, 0.717) is 37.0 Å². The summed E-state index contributed by atoms with van der Waals surface area (Å²) in [4.78, 5) is 12.6. The quantitative estimate of drug-likeness (QED) is 0.888. The highest BCUT2D eigenvalue weighted by atomic mass is 35.5. The number of primary sulfonamides is 1. The fourth-order valence-corrected chi connectivity index (χ4v) is 3.36. The van der Waals surface area contributed by atoms with Gasteiger partial charge in [0.05, 0.1) is 5.02 Å². The number of anilines is 2. The summed E-state index contributed by atoms with van der Waals surface area (Å²) in [5.74, 6) is 1.25. The Labute approximate surface area is 139 Å². The van der Waals surface area contributed by atoms with Crippen molar-refractivity contribution >= 4 is 33.3 Å². The minimum atomic E-state index is -3.80. The van der Waals surface area contributed by atoms with Crippen molar-refractivity contribution in [3.8, 4) is 0 Å². The van der Waals surface area contributed by atoms with E-state index in [1.54, 1.807) is 24.5 Å². The largest absolute Gasteiger partial charge is 0.353 e. The van der Waals surface area contributed by atoms with Crippen LogP contribution >= 0.6 is 11.6 Å². The van der Waals surface area contributed by atoms with Crippen LogP contribution in [0, 0.1) is 0 Å². The summed E-state index contributed by atoms with van der Waals surface area (Å²) >= 11 is 5.85. The van der Waals surface area contributed by atoms with E-state index < -0.39 is 10.0 Å². The van der Waals surface area contributed by atoms with Crippen molar-refractivity contribution in [2.45, 2.75) is 4.90 Å². The molecule has 23 heavy (non-hydrogen) atoms. The molecule has 0 spiro atoms. The molecule has 1 aliphatic heterocycles. The number of rotatable bonds is 3. The van der Waals surface area contributed by atoms with Gasteiger partial charge in [-0.05, 0) is 24.3 Å². The number of pyridine rings is 2. The van der Waals surface area contributed by atoms with E-state index >= 15 is 0 Å². The van der Waals surface area contributed by atoms with Gasteiger partial charge < -0.3 is 9.80 Å². The third-order valence-corrected chi connectivity index (χ3v) is 4.83. The molecule has 122 valence electrons. The minimum Gasteiger partial charge on any atom is -0.353 e. The molecule has 1 fully saturated rings. The summed E-state index contributed by atoms with van der Waals surface area (Å²) in [6.45, 7) is 2.66. The number of sulfonamides is 1. The second-order valence-corrected chi connectivity index (χ2v) is 7.15. The van der Waals surface area contributed by atoms with Gasteiger partial charge in [0.25, 0.3) is 0 Å². The number of halogens is 1. The first-order valence-electron chi connectivity index (χ1n) is 7.04. The Morgan fingerprint density at radius 1 is 1.04 bits per heavy atom. The zero-order chi connectivity index (χ0) is 16.4. The number of piperazine rings is 1. The first kappa shape index (κ1) is 16.0. The van der Waals surface area contributed by atoms with Gasteiger partial charge in [0.15, 0.2) is 0 Å². The van der Waals surface area contributed by atoms with Gasteiger partial charge in [-0.1, -0.05) is 11.6 Å². The SMILES string of the molecule is NS(=O)(=O)c1cccnc1N1CCN(c2ccc(Cl)cn2)CC1. The molecule has 0 aromatic carbocycles. The summed E-state index contributed by atoms with van der Waals surface area (Å²) in [5.41, 5.74) is 0. The lowest BCUT2D eigenvalue weighted by molar-refractivity contribution is 0.594. The molecule has 7 nitrogen and oxygen atoms in total. The monoisotopic (exact) mass is 353 g/mol. The molecule has 2 aromatic heterocycles. The van der Waals surface area contributed by atoms with Gasteiger partial charge in [-0.3, -0.25) is 0 Å². The average Bonchev–Trinajstić information content (AvgIpc) is 2.55. The van der Waals surface area contributed by atoms with E-state index in [1.165, 1.54) is 6.07 Å². The number of hydrogen-bond donors (Lipinski definition) is 1. The molecule has 3 rings (SSSR count). The summed E-state index contributed by atoms with van der Waals surface area (Å²) in [7, 11) is -3.80. The molecule has 0 amide bonds. The maximum absolute atomic E-state index is 11.7. The first-order chi connectivity index (χ1) is 10.9. The molecule has 3 heterocycles. The Balaban J connectivity index is 1.76. The van der Waals surface area contributed by atoms with Gasteiger partial charge in [-0.25, -0.2) is 23.5 Å². The van der Waals surface area contributed by atoms with Gasteiger partial charge in [0, 0.05) is 38.6 Å². The van der Waals surface area contributed by atoms with Crippen LogP contribution in [0.25, 0.3) is 0 Å². The molecule has 0 bridgehead atoms. The number of aromatic nitrogens is 2. The topological polar surface area (TPSA) is 92.4 Å². The van der Waals surface area contributed by atoms with Crippen LogP contribution in [-0.2, 0) is 10.0 Å². The second kappa shape index (κ2) is 6.31. The molecule has 0 aliphatic carbocycles. The van der Waals surface area contributed by atoms with E-state index in [4.69, 9.17) is 16.7 Å². The summed E-state index contributed by atoms with van der Waals surface area (Å²) < 4.78 is 23.4. The van der Waals surface area contributed by atoms with Crippen LogP contribution in [0.4, 0.5) is 11.6 Å². The van der Waals surface area contributed by atoms with E-state index in [1.807, 2.05) is 11.0 Å². The van der Waals surface area contributed by atoms with E-state index in [2.05, 4.69) is 14.9 Å². The zero-order valence-corrected chi connectivity index (χ0v) is 13.8. The van der Waals surface area contributed by atoms with Crippen molar-refractivity contribution in [3.63, 3.8) is 0 Å². The van der Waals surface area contributed by atoms with Crippen LogP contribution in [0.1, 0.15) is 0 Å². The van der Waals surface area contributed by atoms with Crippen molar-refractivity contribution in [2.24, 2.45) is 5.14 Å². The van der Waals surface area contributed by atoms with Gasteiger partial charge in [-0.15, -0.1) is 0 Å².